The summed E-state index contributed by atoms with van der Waals surface area (Å²) < 4.78 is 6.25. The molecule has 1 amide bonds. The molecule has 6 heteroatoms. The summed E-state index contributed by atoms with van der Waals surface area (Å²) in [6, 6.07) is 10.1. The summed E-state index contributed by atoms with van der Waals surface area (Å²) in [5.41, 5.74) is 1.59. The molecule has 0 radical (unpaired) electrons. The number of morpholine rings is 1. The van der Waals surface area contributed by atoms with E-state index in [-0.39, 0.29) is 18.1 Å². The van der Waals surface area contributed by atoms with Gasteiger partial charge in [0.2, 0.25) is 5.95 Å². The Morgan fingerprint density at radius 1 is 1.20 bits per heavy atom. The van der Waals surface area contributed by atoms with Crippen LogP contribution in [0.15, 0.2) is 42.7 Å². The van der Waals surface area contributed by atoms with Gasteiger partial charge in [-0.1, -0.05) is 44.2 Å². The number of carbonyl (C=O) groups excluding carboxylic acids is 1. The molecule has 25 heavy (non-hydrogen) atoms. The van der Waals surface area contributed by atoms with Gasteiger partial charge in [-0.2, -0.15) is 0 Å². The summed E-state index contributed by atoms with van der Waals surface area (Å²) >= 11 is 0. The standard InChI is InChI=1S/C19H24N4O2/c1-13(2)16-11-23(12-17(25-16)14-7-5-4-6-8-14)18(24)15-9-21-19(20-3)22-10-15/h4-10,13,16-17H,11-12H2,1-3H3,(H,20,21,22). The maximum Gasteiger partial charge on any atom is 0.257 e. The van der Waals surface area contributed by atoms with E-state index in [2.05, 4.69) is 29.1 Å². The Balaban J connectivity index is 1.82. The maximum absolute atomic E-state index is 12.9. The molecule has 1 aliphatic heterocycles. The van der Waals surface area contributed by atoms with Gasteiger partial charge in [-0.15, -0.1) is 0 Å². The van der Waals surface area contributed by atoms with Crippen LogP contribution < -0.4 is 5.32 Å². The lowest BCUT2D eigenvalue weighted by Gasteiger charge is -2.40. The van der Waals surface area contributed by atoms with E-state index in [0.717, 1.165) is 5.56 Å². The first-order chi connectivity index (χ1) is 12.1. The molecule has 6 nitrogen and oxygen atoms in total. The normalized spacial score (nSPS) is 20.6. The first-order valence-corrected chi connectivity index (χ1v) is 8.58. The van der Waals surface area contributed by atoms with Crippen LogP contribution in [0.2, 0.25) is 0 Å². The van der Waals surface area contributed by atoms with Gasteiger partial charge in [0, 0.05) is 26.0 Å². The topological polar surface area (TPSA) is 67.4 Å². The number of nitrogens with zero attached hydrogens (tertiary/aromatic N) is 3. The van der Waals surface area contributed by atoms with Gasteiger partial charge in [0.25, 0.3) is 5.91 Å². The average Bonchev–Trinajstić information content (AvgIpc) is 2.67. The molecule has 0 aliphatic carbocycles. The predicted octanol–water partition coefficient (Wildman–Crippen LogP) is 2.76. The number of anilines is 1. The minimum Gasteiger partial charge on any atom is -0.366 e. The van der Waals surface area contributed by atoms with E-state index < -0.39 is 0 Å². The quantitative estimate of drug-likeness (QED) is 0.927. The van der Waals surface area contributed by atoms with Crippen molar-refractivity contribution in [1.29, 1.82) is 0 Å². The molecule has 1 aliphatic rings. The molecular weight excluding hydrogens is 316 g/mol. The lowest BCUT2D eigenvalue weighted by Crippen LogP contribution is -2.48. The third-order valence-corrected chi connectivity index (χ3v) is 4.45. The van der Waals surface area contributed by atoms with E-state index in [4.69, 9.17) is 4.74 Å². The second-order valence-electron chi connectivity index (χ2n) is 6.57. The van der Waals surface area contributed by atoms with E-state index in [9.17, 15) is 4.79 Å². The maximum atomic E-state index is 12.9. The van der Waals surface area contributed by atoms with Crippen LogP contribution in [-0.4, -0.2) is 47.0 Å². The Kier molecular flexibility index (Phi) is 5.28. The molecule has 1 saturated heterocycles. The molecular formula is C19H24N4O2. The second-order valence-corrected chi connectivity index (χ2v) is 6.57. The molecule has 1 aromatic carbocycles. The van der Waals surface area contributed by atoms with E-state index in [1.54, 1.807) is 19.4 Å². The lowest BCUT2D eigenvalue weighted by atomic mass is 10.0. The van der Waals surface area contributed by atoms with Crippen LogP contribution in [0.1, 0.15) is 35.9 Å². The predicted molar refractivity (Wildman–Crippen MR) is 96.4 cm³/mol. The average molecular weight is 340 g/mol. The van der Waals surface area contributed by atoms with Crippen LogP contribution in [0.4, 0.5) is 5.95 Å². The molecule has 0 saturated carbocycles. The number of rotatable bonds is 4. The fourth-order valence-electron chi connectivity index (χ4n) is 2.92. The van der Waals surface area contributed by atoms with E-state index >= 15 is 0 Å². The molecule has 2 unspecified atom stereocenters. The molecule has 2 heterocycles. The SMILES string of the molecule is CNc1ncc(C(=O)N2CC(c3ccccc3)OC(C(C)C)C2)cn1. The largest absolute Gasteiger partial charge is 0.366 e. The molecule has 3 rings (SSSR count). The Hall–Kier alpha value is -2.47. The zero-order valence-electron chi connectivity index (χ0n) is 14.8. The Morgan fingerprint density at radius 2 is 1.88 bits per heavy atom. The van der Waals surface area contributed by atoms with Gasteiger partial charge in [0.05, 0.1) is 18.2 Å². The molecule has 0 bridgehead atoms. The highest BCUT2D eigenvalue weighted by Crippen LogP contribution is 2.28. The number of benzene rings is 1. The zero-order valence-corrected chi connectivity index (χ0v) is 14.8. The van der Waals surface area contributed by atoms with Crippen molar-refractivity contribution in [3.05, 3.63) is 53.9 Å². The van der Waals surface area contributed by atoms with Crippen molar-refractivity contribution in [2.45, 2.75) is 26.1 Å². The fraction of sp³-hybridized carbons (Fsp3) is 0.421. The van der Waals surface area contributed by atoms with Crippen molar-refractivity contribution in [3.63, 3.8) is 0 Å². The highest BCUT2D eigenvalue weighted by molar-refractivity contribution is 5.93. The molecule has 132 valence electrons. The summed E-state index contributed by atoms with van der Waals surface area (Å²) in [4.78, 5) is 23.1. The van der Waals surface area contributed by atoms with Gasteiger partial charge < -0.3 is 15.0 Å². The van der Waals surface area contributed by atoms with E-state index in [1.165, 1.54) is 0 Å². The van der Waals surface area contributed by atoms with Crippen molar-refractivity contribution in [2.24, 2.45) is 5.92 Å². The monoisotopic (exact) mass is 340 g/mol. The third-order valence-electron chi connectivity index (χ3n) is 4.45. The number of carbonyl (C=O) groups is 1. The van der Waals surface area contributed by atoms with Gasteiger partial charge >= 0.3 is 0 Å². The minimum absolute atomic E-state index is 0.000376. The summed E-state index contributed by atoms with van der Waals surface area (Å²) in [5.74, 6) is 0.767. The van der Waals surface area contributed by atoms with Crippen LogP contribution in [0, 0.1) is 5.92 Å². The van der Waals surface area contributed by atoms with Crippen molar-refractivity contribution < 1.29 is 9.53 Å². The van der Waals surface area contributed by atoms with E-state index in [1.807, 2.05) is 35.2 Å². The molecule has 0 spiro atoms. The van der Waals surface area contributed by atoms with Gasteiger partial charge in [0.1, 0.15) is 6.10 Å². The summed E-state index contributed by atoms with van der Waals surface area (Å²) in [7, 11) is 1.75. The highest BCUT2D eigenvalue weighted by Gasteiger charge is 2.33. The number of aromatic nitrogens is 2. The number of hydrogen-bond donors (Lipinski definition) is 1. The van der Waals surface area contributed by atoms with Crippen LogP contribution >= 0.6 is 0 Å². The van der Waals surface area contributed by atoms with Crippen LogP contribution in [-0.2, 0) is 4.74 Å². The van der Waals surface area contributed by atoms with Gasteiger partial charge in [0.15, 0.2) is 0 Å². The highest BCUT2D eigenvalue weighted by atomic mass is 16.5. The zero-order chi connectivity index (χ0) is 17.8. The smallest absolute Gasteiger partial charge is 0.257 e. The first-order valence-electron chi connectivity index (χ1n) is 8.58. The molecule has 2 aromatic rings. The first kappa shape index (κ1) is 17.4. The van der Waals surface area contributed by atoms with Crippen molar-refractivity contribution in [3.8, 4) is 0 Å². The van der Waals surface area contributed by atoms with Gasteiger partial charge in [-0.25, -0.2) is 9.97 Å². The van der Waals surface area contributed by atoms with E-state index in [0.29, 0.717) is 30.5 Å². The Labute approximate surface area is 148 Å². The Morgan fingerprint density at radius 3 is 2.48 bits per heavy atom. The van der Waals surface area contributed by atoms with Crippen molar-refractivity contribution in [1.82, 2.24) is 14.9 Å². The second kappa shape index (κ2) is 7.61. The van der Waals surface area contributed by atoms with Gasteiger partial charge in [-0.05, 0) is 11.5 Å². The lowest BCUT2D eigenvalue weighted by molar-refractivity contribution is -0.0954. The third kappa shape index (κ3) is 3.96. The fourth-order valence-corrected chi connectivity index (χ4v) is 2.92. The molecule has 1 aromatic heterocycles. The molecule has 1 fully saturated rings. The number of amides is 1. The number of ether oxygens (including phenoxy) is 1. The number of hydrogen-bond acceptors (Lipinski definition) is 5. The van der Waals surface area contributed by atoms with Crippen molar-refractivity contribution in [2.75, 3.05) is 25.5 Å². The Bertz CT molecular complexity index is 703. The molecule has 1 N–H and O–H groups in total. The van der Waals surface area contributed by atoms with Crippen molar-refractivity contribution >= 4 is 11.9 Å². The van der Waals surface area contributed by atoms with Crippen LogP contribution in [0.5, 0.6) is 0 Å². The van der Waals surface area contributed by atoms with Crippen LogP contribution in [0.25, 0.3) is 0 Å². The number of nitrogens with one attached hydrogen (secondary N) is 1. The summed E-state index contributed by atoms with van der Waals surface area (Å²) in [6.45, 7) is 5.34. The van der Waals surface area contributed by atoms with Crippen LogP contribution in [0.3, 0.4) is 0 Å². The summed E-state index contributed by atoms with van der Waals surface area (Å²) in [6.07, 6.45) is 3.01. The molecule has 2 atom stereocenters. The van der Waals surface area contributed by atoms with Gasteiger partial charge in [-0.3, -0.25) is 4.79 Å². The summed E-state index contributed by atoms with van der Waals surface area (Å²) in [5, 5.41) is 2.86. The minimum atomic E-state index is -0.121.